The van der Waals surface area contributed by atoms with Crippen molar-refractivity contribution in [2.75, 3.05) is 20.6 Å². The molecular weight excluding hydrogens is 252 g/mol. The van der Waals surface area contributed by atoms with E-state index in [1.54, 1.807) is 14.1 Å². The Kier molecular flexibility index (Phi) is 4.92. The average molecular weight is 266 g/mol. The van der Waals surface area contributed by atoms with Crippen molar-refractivity contribution in [2.45, 2.75) is 6.42 Å². The molecule has 0 atom stereocenters. The fraction of sp³-hybridized carbons (Fsp3) is 0.364. The summed E-state index contributed by atoms with van der Waals surface area (Å²) in [6.45, 7) is 0.103. The first-order valence-electron chi connectivity index (χ1n) is 5.46. The van der Waals surface area contributed by atoms with E-state index < -0.39 is 17.6 Å². The number of hydrogen-bond donors (Lipinski definition) is 2. The number of aromatic nitrogens is 2. The third kappa shape index (κ3) is 4.02. The predicted octanol–water partition coefficient (Wildman–Crippen LogP) is -0.617. The van der Waals surface area contributed by atoms with Crippen LogP contribution in [0.2, 0.25) is 0 Å². The van der Waals surface area contributed by atoms with Gasteiger partial charge in [-0.05, 0) is 0 Å². The van der Waals surface area contributed by atoms with E-state index in [0.29, 0.717) is 0 Å². The van der Waals surface area contributed by atoms with E-state index in [-0.39, 0.29) is 24.6 Å². The number of aromatic carboxylic acids is 1. The minimum atomic E-state index is -1.33. The van der Waals surface area contributed by atoms with E-state index in [2.05, 4.69) is 15.3 Å². The molecule has 0 saturated heterocycles. The molecule has 0 aliphatic heterocycles. The lowest BCUT2D eigenvalue weighted by Crippen LogP contribution is -2.31. The zero-order valence-corrected chi connectivity index (χ0v) is 10.6. The van der Waals surface area contributed by atoms with E-state index in [0.717, 1.165) is 0 Å². The Labute approximate surface area is 109 Å². The molecule has 19 heavy (non-hydrogen) atoms. The minimum Gasteiger partial charge on any atom is -0.476 e. The summed E-state index contributed by atoms with van der Waals surface area (Å²) >= 11 is 0. The molecule has 0 bridgehead atoms. The van der Waals surface area contributed by atoms with Crippen LogP contribution in [0.5, 0.6) is 0 Å². The van der Waals surface area contributed by atoms with Crippen molar-refractivity contribution in [3.05, 3.63) is 23.8 Å². The molecule has 2 amide bonds. The molecule has 1 heterocycles. The highest BCUT2D eigenvalue weighted by molar-refractivity contribution is 6.02. The van der Waals surface area contributed by atoms with Crippen LogP contribution in [-0.4, -0.2) is 58.4 Å². The minimum absolute atomic E-state index is 0.103. The average Bonchev–Trinajstić information content (AvgIpc) is 2.38. The number of carboxylic acids is 1. The van der Waals surface area contributed by atoms with Crippen LogP contribution in [0, 0.1) is 0 Å². The van der Waals surface area contributed by atoms with Gasteiger partial charge in [-0.1, -0.05) is 0 Å². The summed E-state index contributed by atoms with van der Waals surface area (Å²) in [7, 11) is 3.21. The summed E-state index contributed by atoms with van der Waals surface area (Å²) in [5, 5.41) is 11.3. The van der Waals surface area contributed by atoms with E-state index in [1.807, 2.05) is 0 Å². The molecule has 1 aromatic heterocycles. The molecule has 0 fully saturated rings. The van der Waals surface area contributed by atoms with Gasteiger partial charge in [-0.15, -0.1) is 0 Å². The van der Waals surface area contributed by atoms with Gasteiger partial charge in [0.15, 0.2) is 11.4 Å². The topological polar surface area (TPSA) is 112 Å². The Morgan fingerprint density at radius 2 is 1.79 bits per heavy atom. The lowest BCUT2D eigenvalue weighted by atomic mass is 10.2. The highest BCUT2D eigenvalue weighted by Gasteiger charge is 2.19. The number of hydrogen-bond acceptors (Lipinski definition) is 5. The Hall–Kier alpha value is -2.51. The first-order chi connectivity index (χ1) is 8.93. The molecule has 0 aliphatic carbocycles. The molecule has 2 N–H and O–H groups in total. The second-order valence-electron chi connectivity index (χ2n) is 3.85. The summed E-state index contributed by atoms with van der Waals surface area (Å²) in [5.74, 6) is -2.14. The van der Waals surface area contributed by atoms with Gasteiger partial charge in [0.2, 0.25) is 5.91 Å². The lowest BCUT2D eigenvalue weighted by Gasteiger charge is -2.10. The fourth-order valence-electron chi connectivity index (χ4n) is 1.25. The van der Waals surface area contributed by atoms with Crippen LogP contribution >= 0.6 is 0 Å². The molecule has 1 rings (SSSR count). The summed E-state index contributed by atoms with van der Waals surface area (Å²) in [4.78, 5) is 42.5. The van der Waals surface area contributed by atoms with Crippen molar-refractivity contribution in [1.29, 1.82) is 0 Å². The smallest absolute Gasteiger partial charge is 0.356 e. The third-order valence-corrected chi connectivity index (χ3v) is 2.24. The van der Waals surface area contributed by atoms with Crippen LogP contribution in [0.3, 0.4) is 0 Å². The maximum atomic E-state index is 11.7. The summed E-state index contributed by atoms with van der Waals surface area (Å²) < 4.78 is 0. The number of rotatable bonds is 5. The number of amides is 2. The number of nitrogens with one attached hydrogen (secondary N) is 1. The van der Waals surface area contributed by atoms with Gasteiger partial charge in [-0.2, -0.15) is 0 Å². The van der Waals surface area contributed by atoms with Crippen molar-refractivity contribution < 1.29 is 19.5 Å². The van der Waals surface area contributed by atoms with Gasteiger partial charge in [-0.3, -0.25) is 9.59 Å². The van der Waals surface area contributed by atoms with Crippen molar-refractivity contribution in [1.82, 2.24) is 20.2 Å². The van der Waals surface area contributed by atoms with Crippen LogP contribution in [-0.2, 0) is 4.79 Å². The number of nitrogens with zero attached hydrogens (tertiary/aromatic N) is 3. The van der Waals surface area contributed by atoms with Crippen LogP contribution in [0.4, 0.5) is 0 Å². The number of carbonyl (C=O) groups is 3. The Balaban J connectivity index is 2.64. The SMILES string of the molecule is CN(C)C(=O)CCNC(=O)c1nccnc1C(=O)O. The standard InChI is InChI=1S/C11H14N4O4/c1-15(2)7(16)3-4-14-10(17)8-9(11(18)19)13-6-5-12-8/h5-6H,3-4H2,1-2H3,(H,14,17)(H,18,19). The molecule has 1 aromatic rings. The number of carbonyl (C=O) groups excluding carboxylic acids is 2. The Morgan fingerprint density at radius 1 is 1.21 bits per heavy atom. The zero-order chi connectivity index (χ0) is 14.4. The van der Waals surface area contributed by atoms with Gasteiger partial charge in [0.25, 0.3) is 5.91 Å². The normalized spacial score (nSPS) is 9.79. The highest BCUT2D eigenvalue weighted by atomic mass is 16.4. The van der Waals surface area contributed by atoms with Crippen LogP contribution in [0.1, 0.15) is 27.4 Å². The second kappa shape index (κ2) is 6.43. The van der Waals surface area contributed by atoms with Crippen molar-refractivity contribution in [2.24, 2.45) is 0 Å². The molecule has 0 unspecified atom stereocenters. The van der Waals surface area contributed by atoms with E-state index in [1.165, 1.54) is 17.3 Å². The molecule has 0 aliphatic rings. The molecule has 102 valence electrons. The van der Waals surface area contributed by atoms with E-state index >= 15 is 0 Å². The molecule has 8 heteroatoms. The van der Waals surface area contributed by atoms with Gasteiger partial charge in [-0.25, -0.2) is 14.8 Å². The van der Waals surface area contributed by atoms with Crippen molar-refractivity contribution in [3.8, 4) is 0 Å². The second-order valence-corrected chi connectivity index (χ2v) is 3.85. The molecule has 8 nitrogen and oxygen atoms in total. The largest absolute Gasteiger partial charge is 0.476 e. The first kappa shape index (κ1) is 14.6. The van der Waals surface area contributed by atoms with Gasteiger partial charge in [0.05, 0.1) is 0 Å². The molecule has 0 radical (unpaired) electrons. The molecule has 0 spiro atoms. The maximum Gasteiger partial charge on any atom is 0.356 e. The fourth-order valence-corrected chi connectivity index (χ4v) is 1.25. The van der Waals surface area contributed by atoms with Crippen LogP contribution < -0.4 is 5.32 Å². The Morgan fingerprint density at radius 3 is 2.32 bits per heavy atom. The quantitative estimate of drug-likeness (QED) is 0.734. The summed E-state index contributed by atoms with van der Waals surface area (Å²) in [6, 6.07) is 0. The highest BCUT2D eigenvalue weighted by Crippen LogP contribution is 2.01. The maximum absolute atomic E-state index is 11.7. The Bertz CT molecular complexity index is 501. The van der Waals surface area contributed by atoms with E-state index in [4.69, 9.17) is 5.11 Å². The first-order valence-corrected chi connectivity index (χ1v) is 5.46. The van der Waals surface area contributed by atoms with Gasteiger partial charge in [0.1, 0.15) is 0 Å². The third-order valence-electron chi connectivity index (χ3n) is 2.24. The van der Waals surface area contributed by atoms with Crippen LogP contribution in [0.25, 0.3) is 0 Å². The molecule has 0 saturated carbocycles. The van der Waals surface area contributed by atoms with E-state index in [9.17, 15) is 14.4 Å². The van der Waals surface area contributed by atoms with Gasteiger partial charge in [0, 0.05) is 39.5 Å². The van der Waals surface area contributed by atoms with Gasteiger partial charge < -0.3 is 15.3 Å². The predicted molar refractivity (Wildman–Crippen MR) is 64.6 cm³/mol. The monoisotopic (exact) mass is 266 g/mol. The summed E-state index contributed by atoms with van der Waals surface area (Å²) in [5.41, 5.74) is -0.689. The number of carboxylic acid groups (broad SMARTS) is 1. The lowest BCUT2D eigenvalue weighted by molar-refractivity contribution is -0.128. The van der Waals surface area contributed by atoms with Crippen molar-refractivity contribution in [3.63, 3.8) is 0 Å². The zero-order valence-electron chi connectivity index (χ0n) is 10.6. The molecular formula is C11H14N4O4. The van der Waals surface area contributed by atoms with Crippen molar-refractivity contribution >= 4 is 17.8 Å². The summed E-state index contributed by atoms with van der Waals surface area (Å²) in [6.07, 6.45) is 2.55. The van der Waals surface area contributed by atoms with Gasteiger partial charge >= 0.3 is 5.97 Å². The molecule has 0 aromatic carbocycles. The van der Waals surface area contributed by atoms with Crippen LogP contribution in [0.15, 0.2) is 12.4 Å².